The molecule has 0 bridgehead atoms. The van der Waals surface area contributed by atoms with Crippen molar-refractivity contribution in [2.45, 2.75) is 12.8 Å². The van der Waals surface area contributed by atoms with Crippen molar-refractivity contribution in [1.82, 2.24) is 0 Å². The van der Waals surface area contributed by atoms with E-state index in [1.54, 1.807) is 0 Å². The highest BCUT2D eigenvalue weighted by Gasteiger charge is 2.17. The standard InChI is InChI=1S/C16H16O3/c17-8-4-7-13-9-15-16(19-11-18-15)10-14(13)12-5-2-1-3-6-12/h1-3,5-6,9-10,17H,4,7-8,11H2. The van der Waals surface area contributed by atoms with Crippen molar-refractivity contribution in [2.75, 3.05) is 13.4 Å². The van der Waals surface area contributed by atoms with E-state index in [1.165, 1.54) is 5.56 Å². The third-order valence-corrected chi connectivity index (χ3v) is 3.29. The molecule has 1 heterocycles. The fourth-order valence-electron chi connectivity index (χ4n) is 2.35. The first-order chi connectivity index (χ1) is 9.38. The Bertz CT molecular complexity index is 564. The minimum absolute atomic E-state index is 0.197. The van der Waals surface area contributed by atoms with Crippen molar-refractivity contribution >= 4 is 0 Å². The summed E-state index contributed by atoms with van der Waals surface area (Å²) in [5.74, 6) is 1.60. The summed E-state index contributed by atoms with van der Waals surface area (Å²) < 4.78 is 10.9. The van der Waals surface area contributed by atoms with Gasteiger partial charge in [0.15, 0.2) is 11.5 Å². The lowest BCUT2D eigenvalue weighted by molar-refractivity contribution is 0.174. The SMILES string of the molecule is OCCCc1cc2c(cc1-c1ccccc1)OCO2. The Hall–Kier alpha value is -2.00. The van der Waals surface area contributed by atoms with E-state index in [4.69, 9.17) is 14.6 Å². The van der Waals surface area contributed by atoms with Gasteiger partial charge in [-0.05, 0) is 41.7 Å². The summed E-state index contributed by atoms with van der Waals surface area (Å²) in [5.41, 5.74) is 3.50. The van der Waals surface area contributed by atoms with Gasteiger partial charge in [0.1, 0.15) is 0 Å². The van der Waals surface area contributed by atoms with Crippen LogP contribution in [0.25, 0.3) is 11.1 Å². The molecule has 19 heavy (non-hydrogen) atoms. The van der Waals surface area contributed by atoms with Gasteiger partial charge in [-0.1, -0.05) is 30.3 Å². The summed E-state index contributed by atoms with van der Waals surface area (Å²) in [6.45, 7) is 0.482. The molecule has 2 aromatic rings. The van der Waals surface area contributed by atoms with Gasteiger partial charge in [0, 0.05) is 6.61 Å². The summed E-state index contributed by atoms with van der Waals surface area (Å²) in [6.07, 6.45) is 1.58. The minimum atomic E-state index is 0.197. The van der Waals surface area contributed by atoms with Crippen molar-refractivity contribution in [3.05, 3.63) is 48.0 Å². The lowest BCUT2D eigenvalue weighted by Crippen LogP contribution is -1.94. The van der Waals surface area contributed by atoms with Crippen LogP contribution in [0.3, 0.4) is 0 Å². The van der Waals surface area contributed by atoms with E-state index in [-0.39, 0.29) is 13.4 Å². The largest absolute Gasteiger partial charge is 0.454 e. The van der Waals surface area contributed by atoms with Crippen LogP contribution in [0.1, 0.15) is 12.0 Å². The van der Waals surface area contributed by atoms with Crippen molar-refractivity contribution in [1.29, 1.82) is 0 Å². The predicted octanol–water partition coefficient (Wildman–Crippen LogP) is 3.01. The summed E-state index contributed by atoms with van der Waals surface area (Å²) in [7, 11) is 0. The third kappa shape index (κ3) is 2.42. The monoisotopic (exact) mass is 256 g/mol. The average molecular weight is 256 g/mol. The maximum Gasteiger partial charge on any atom is 0.231 e. The molecule has 3 heteroatoms. The molecule has 0 amide bonds. The van der Waals surface area contributed by atoms with Gasteiger partial charge < -0.3 is 14.6 Å². The fourth-order valence-corrected chi connectivity index (χ4v) is 2.35. The molecule has 0 radical (unpaired) electrons. The Morgan fingerprint density at radius 3 is 2.47 bits per heavy atom. The molecule has 0 unspecified atom stereocenters. The van der Waals surface area contributed by atoms with E-state index in [9.17, 15) is 0 Å². The van der Waals surface area contributed by atoms with Crippen LogP contribution in [0.4, 0.5) is 0 Å². The van der Waals surface area contributed by atoms with Gasteiger partial charge in [0.05, 0.1) is 0 Å². The average Bonchev–Trinajstić information content (AvgIpc) is 2.92. The second kappa shape index (κ2) is 5.33. The quantitative estimate of drug-likeness (QED) is 0.914. The molecule has 3 rings (SSSR count). The first kappa shape index (κ1) is 12.1. The second-order valence-corrected chi connectivity index (χ2v) is 4.56. The van der Waals surface area contributed by atoms with Crippen LogP contribution in [0.5, 0.6) is 11.5 Å². The highest BCUT2D eigenvalue weighted by Crippen LogP contribution is 2.39. The number of aliphatic hydroxyl groups excluding tert-OH is 1. The van der Waals surface area contributed by atoms with Crippen LogP contribution < -0.4 is 9.47 Å². The summed E-state index contributed by atoms with van der Waals surface area (Å²) in [4.78, 5) is 0. The van der Waals surface area contributed by atoms with E-state index in [1.807, 2.05) is 30.3 Å². The fraction of sp³-hybridized carbons (Fsp3) is 0.250. The number of benzene rings is 2. The van der Waals surface area contributed by atoms with Crippen molar-refractivity contribution in [2.24, 2.45) is 0 Å². The maximum absolute atomic E-state index is 9.03. The van der Waals surface area contributed by atoms with Crippen molar-refractivity contribution in [3.63, 3.8) is 0 Å². The van der Waals surface area contributed by atoms with Gasteiger partial charge in [0.2, 0.25) is 6.79 Å². The van der Waals surface area contributed by atoms with Crippen LogP contribution in [0, 0.1) is 0 Å². The molecule has 2 aromatic carbocycles. The first-order valence-electron chi connectivity index (χ1n) is 6.47. The van der Waals surface area contributed by atoms with Gasteiger partial charge in [0.25, 0.3) is 0 Å². The molecule has 0 saturated heterocycles. The Balaban J connectivity index is 2.05. The van der Waals surface area contributed by atoms with E-state index in [0.29, 0.717) is 0 Å². The van der Waals surface area contributed by atoms with Crippen molar-refractivity contribution < 1.29 is 14.6 Å². The van der Waals surface area contributed by atoms with E-state index < -0.39 is 0 Å². The topological polar surface area (TPSA) is 38.7 Å². The zero-order chi connectivity index (χ0) is 13.1. The number of fused-ring (bicyclic) bond motifs is 1. The predicted molar refractivity (Wildman–Crippen MR) is 73.4 cm³/mol. The molecule has 0 fully saturated rings. The molecule has 1 aliphatic heterocycles. The number of hydrogen-bond acceptors (Lipinski definition) is 3. The highest BCUT2D eigenvalue weighted by atomic mass is 16.7. The number of rotatable bonds is 4. The first-order valence-corrected chi connectivity index (χ1v) is 6.47. The van der Waals surface area contributed by atoms with E-state index in [2.05, 4.69) is 12.1 Å². The van der Waals surface area contributed by atoms with Crippen LogP contribution in [-0.4, -0.2) is 18.5 Å². The molecule has 0 aliphatic carbocycles. The Morgan fingerprint density at radius 1 is 1.00 bits per heavy atom. The summed E-state index contributed by atoms with van der Waals surface area (Å²) >= 11 is 0. The Kier molecular flexibility index (Phi) is 3.38. The minimum Gasteiger partial charge on any atom is -0.454 e. The number of hydrogen-bond donors (Lipinski definition) is 1. The van der Waals surface area contributed by atoms with Crippen LogP contribution in [-0.2, 0) is 6.42 Å². The summed E-state index contributed by atoms with van der Waals surface area (Å²) in [6, 6.07) is 14.3. The lowest BCUT2D eigenvalue weighted by atomic mass is 9.96. The van der Waals surface area contributed by atoms with Gasteiger partial charge >= 0.3 is 0 Å². The molecular weight excluding hydrogens is 240 g/mol. The molecule has 0 atom stereocenters. The molecular formula is C16H16O3. The van der Waals surface area contributed by atoms with E-state index in [0.717, 1.165) is 35.5 Å². The third-order valence-electron chi connectivity index (χ3n) is 3.29. The number of ether oxygens (including phenoxy) is 2. The lowest BCUT2D eigenvalue weighted by Gasteiger charge is -2.11. The van der Waals surface area contributed by atoms with Gasteiger partial charge in [-0.25, -0.2) is 0 Å². The molecule has 3 nitrogen and oxygen atoms in total. The van der Waals surface area contributed by atoms with Crippen molar-refractivity contribution in [3.8, 4) is 22.6 Å². The smallest absolute Gasteiger partial charge is 0.231 e. The highest BCUT2D eigenvalue weighted by molar-refractivity contribution is 5.71. The molecule has 1 N–H and O–H groups in total. The molecule has 0 saturated carbocycles. The van der Waals surface area contributed by atoms with E-state index >= 15 is 0 Å². The molecule has 0 aromatic heterocycles. The van der Waals surface area contributed by atoms with Crippen LogP contribution in [0.2, 0.25) is 0 Å². The second-order valence-electron chi connectivity index (χ2n) is 4.56. The maximum atomic E-state index is 9.03. The van der Waals surface area contributed by atoms with Crippen LogP contribution >= 0.6 is 0 Å². The van der Waals surface area contributed by atoms with Crippen LogP contribution in [0.15, 0.2) is 42.5 Å². The zero-order valence-corrected chi connectivity index (χ0v) is 10.6. The van der Waals surface area contributed by atoms with Gasteiger partial charge in [-0.2, -0.15) is 0 Å². The molecule has 0 spiro atoms. The molecule has 1 aliphatic rings. The van der Waals surface area contributed by atoms with Gasteiger partial charge in [-0.3, -0.25) is 0 Å². The summed E-state index contributed by atoms with van der Waals surface area (Å²) in [5, 5.41) is 9.03. The Labute approximate surface area is 112 Å². The van der Waals surface area contributed by atoms with Gasteiger partial charge in [-0.15, -0.1) is 0 Å². The zero-order valence-electron chi connectivity index (χ0n) is 10.6. The molecule has 98 valence electrons. The number of aryl methyl sites for hydroxylation is 1. The normalized spacial score (nSPS) is 12.7. The number of aliphatic hydroxyl groups is 1. The Morgan fingerprint density at radius 2 is 1.74 bits per heavy atom.